The van der Waals surface area contributed by atoms with Gasteiger partial charge in [0.1, 0.15) is 11.5 Å². The first-order valence-electron chi connectivity index (χ1n) is 6.11. The van der Waals surface area contributed by atoms with Crippen molar-refractivity contribution in [3.05, 3.63) is 17.7 Å². The highest BCUT2D eigenvalue weighted by atomic mass is 16.5. The van der Waals surface area contributed by atoms with Gasteiger partial charge in [0.15, 0.2) is 0 Å². The summed E-state index contributed by atoms with van der Waals surface area (Å²) in [4.78, 5) is 13.8. The first-order chi connectivity index (χ1) is 9.44. The van der Waals surface area contributed by atoms with E-state index in [4.69, 9.17) is 20.5 Å². The van der Waals surface area contributed by atoms with Crippen molar-refractivity contribution in [3.63, 3.8) is 0 Å². The van der Waals surface area contributed by atoms with Crippen LogP contribution in [0.2, 0.25) is 0 Å². The first kappa shape index (κ1) is 15.6. The van der Waals surface area contributed by atoms with E-state index in [1.807, 2.05) is 0 Å². The van der Waals surface area contributed by atoms with Crippen molar-refractivity contribution in [2.45, 2.75) is 6.92 Å². The van der Waals surface area contributed by atoms with Crippen LogP contribution in [0.5, 0.6) is 11.5 Å². The minimum atomic E-state index is -0.276. The fourth-order valence-corrected chi connectivity index (χ4v) is 1.81. The monoisotopic (exact) mass is 277 g/mol. The summed E-state index contributed by atoms with van der Waals surface area (Å²) in [5.41, 5.74) is 6.49. The van der Waals surface area contributed by atoms with Gasteiger partial charge in [0.05, 0.1) is 37.5 Å². The molecule has 2 N–H and O–H groups in total. The number of carbonyl (C=O) groups is 1. The van der Waals surface area contributed by atoms with Crippen molar-refractivity contribution in [1.82, 2.24) is 4.90 Å². The molecule has 0 fully saturated rings. The number of anilines is 1. The van der Waals surface area contributed by atoms with Gasteiger partial charge in [-0.2, -0.15) is 5.26 Å². The molecule has 1 atom stereocenters. The predicted molar refractivity (Wildman–Crippen MR) is 75.7 cm³/mol. The summed E-state index contributed by atoms with van der Waals surface area (Å²) in [5.74, 6) is 0.343. The van der Waals surface area contributed by atoms with Gasteiger partial charge in [-0.3, -0.25) is 4.79 Å². The molecule has 0 aliphatic carbocycles. The molecular weight excluding hydrogens is 258 g/mol. The second-order valence-electron chi connectivity index (χ2n) is 4.51. The maximum Gasteiger partial charge on any atom is 0.256 e. The number of carbonyl (C=O) groups excluding carboxylic acids is 1. The smallest absolute Gasteiger partial charge is 0.256 e. The molecule has 0 radical (unpaired) electrons. The van der Waals surface area contributed by atoms with E-state index in [0.29, 0.717) is 23.6 Å². The van der Waals surface area contributed by atoms with Gasteiger partial charge in [-0.15, -0.1) is 0 Å². The second-order valence-corrected chi connectivity index (χ2v) is 4.51. The van der Waals surface area contributed by atoms with E-state index in [2.05, 4.69) is 6.07 Å². The summed E-state index contributed by atoms with van der Waals surface area (Å²) in [7, 11) is 4.60. The normalized spacial score (nSPS) is 11.3. The summed E-state index contributed by atoms with van der Waals surface area (Å²) in [6, 6.07) is 5.27. The highest BCUT2D eigenvalue weighted by Crippen LogP contribution is 2.31. The zero-order valence-corrected chi connectivity index (χ0v) is 12.1. The largest absolute Gasteiger partial charge is 0.497 e. The van der Waals surface area contributed by atoms with Crippen molar-refractivity contribution in [2.24, 2.45) is 5.92 Å². The standard InChI is InChI=1S/C14H19N3O3/c1-9(7-15)8-17(2)14(18)11-5-10(19-3)6-12(20-4)13(11)16/h5-6,9H,8,16H2,1-4H3. The molecule has 0 spiro atoms. The van der Waals surface area contributed by atoms with Crippen molar-refractivity contribution < 1.29 is 14.3 Å². The Morgan fingerprint density at radius 2 is 2.10 bits per heavy atom. The number of methoxy groups -OCH3 is 2. The SMILES string of the molecule is COc1cc(OC)c(N)c(C(=O)N(C)CC(C)C#N)c1. The number of hydrogen-bond donors (Lipinski definition) is 1. The minimum Gasteiger partial charge on any atom is -0.497 e. The first-order valence-corrected chi connectivity index (χ1v) is 6.11. The third-order valence-corrected chi connectivity index (χ3v) is 2.92. The van der Waals surface area contributed by atoms with Crippen LogP contribution in [0.15, 0.2) is 12.1 Å². The number of rotatable bonds is 5. The molecule has 1 rings (SSSR count). The molecule has 6 nitrogen and oxygen atoms in total. The van der Waals surface area contributed by atoms with Crippen molar-refractivity contribution in [3.8, 4) is 17.6 Å². The van der Waals surface area contributed by atoms with Crippen molar-refractivity contribution >= 4 is 11.6 Å². The second kappa shape index (κ2) is 6.66. The number of nitriles is 1. The molecule has 0 aromatic heterocycles. The van der Waals surface area contributed by atoms with E-state index in [-0.39, 0.29) is 17.5 Å². The molecule has 108 valence electrons. The molecule has 0 saturated heterocycles. The molecule has 0 aliphatic rings. The van der Waals surface area contributed by atoms with E-state index < -0.39 is 0 Å². The lowest BCUT2D eigenvalue weighted by molar-refractivity contribution is 0.0785. The number of nitrogen functional groups attached to an aromatic ring is 1. The summed E-state index contributed by atoms with van der Waals surface area (Å²) in [6.45, 7) is 2.08. The van der Waals surface area contributed by atoms with Crippen molar-refractivity contribution in [2.75, 3.05) is 33.5 Å². The Hall–Kier alpha value is -2.42. The number of hydrogen-bond acceptors (Lipinski definition) is 5. The van der Waals surface area contributed by atoms with Gasteiger partial charge in [-0.05, 0) is 13.0 Å². The van der Waals surface area contributed by atoms with Crippen LogP contribution >= 0.6 is 0 Å². The van der Waals surface area contributed by atoms with Crippen LogP contribution in [0.4, 0.5) is 5.69 Å². The molecule has 1 aromatic carbocycles. The Morgan fingerprint density at radius 1 is 1.45 bits per heavy atom. The van der Waals surface area contributed by atoms with E-state index in [0.717, 1.165) is 0 Å². The third kappa shape index (κ3) is 3.32. The Bertz CT molecular complexity index is 537. The molecule has 0 bridgehead atoms. The molecule has 20 heavy (non-hydrogen) atoms. The van der Waals surface area contributed by atoms with E-state index in [1.165, 1.54) is 19.1 Å². The molecule has 1 amide bonds. The lowest BCUT2D eigenvalue weighted by atomic mass is 10.1. The Balaban J connectivity index is 3.12. The summed E-state index contributed by atoms with van der Waals surface area (Å²) in [5, 5.41) is 8.80. The summed E-state index contributed by atoms with van der Waals surface area (Å²) in [6.07, 6.45) is 0. The molecule has 0 heterocycles. The van der Waals surface area contributed by atoms with Crippen LogP contribution in [0.25, 0.3) is 0 Å². The number of benzene rings is 1. The lowest BCUT2D eigenvalue weighted by Crippen LogP contribution is -2.31. The topological polar surface area (TPSA) is 88.6 Å². The van der Waals surface area contributed by atoms with Crippen LogP contribution < -0.4 is 15.2 Å². The fourth-order valence-electron chi connectivity index (χ4n) is 1.81. The third-order valence-electron chi connectivity index (χ3n) is 2.92. The van der Waals surface area contributed by atoms with Gasteiger partial charge in [-0.25, -0.2) is 0 Å². The average molecular weight is 277 g/mol. The minimum absolute atomic E-state index is 0.252. The Kier molecular flexibility index (Phi) is 5.21. The highest BCUT2D eigenvalue weighted by molar-refractivity contribution is 6.00. The number of amides is 1. The van der Waals surface area contributed by atoms with Crippen LogP contribution in [-0.4, -0.2) is 38.6 Å². The van der Waals surface area contributed by atoms with Gasteiger partial charge < -0.3 is 20.1 Å². The van der Waals surface area contributed by atoms with Crippen molar-refractivity contribution in [1.29, 1.82) is 5.26 Å². The van der Waals surface area contributed by atoms with Crippen LogP contribution in [-0.2, 0) is 0 Å². The predicted octanol–water partition coefficient (Wildman–Crippen LogP) is 1.52. The maximum atomic E-state index is 12.4. The molecular formula is C14H19N3O3. The van der Waals surface area contributed by atoms with E-state index in [9.17, 15) is 4.79 Å². The van der Waals surface area contributed by atoms with Crippen LogP contribution in [0, 0.1) is 17.2 Å². The van der Waals surface area contributed by atoms with Gasteiger partial charge in [-0.1, -0.05) is 0 Å². The maximum absolute atomic E-state index is 12.4. The average Bonchev–Trinajstić information content (AvgIpc) is 2.46. The molecule has 6 heteroatoms. The van der Waals surface area contributed by atoms with E-state index >= 15 is 0 Å². The van der Waals surface area contributed by atoms with Gasteiger partial charge in [0, 0.05) is 19.7 Å². The molecule has 1 aromatic rings. The quantitative estimate of drug-likeness (QED) is 0.824. The number of ether oxygens (including phenoxy) is 2. The summed E-state index contributed by atoms with van der Waals surface area (Å²) >= 11 is 0. The molecule has 0 saturated carbocycles. The summed E-state index contributed by atoms with van der Waals surface area (Å²) < 4.78 is 10.3. The van der Waals surface area contributed by atoms with Crippen LogP contribution in [0.3, 0.4) is 0 Å². The molecule has 1 unspecified atom stereocenters. The Morgan fingerprint density at radius 3 is 2.60 bits per heavy atom. The Labute approximate surface area is 118 Å². The highest BCUT2D eigenvalue weighted by Gasteiger charge is 2.20. The number of nitrogens with zero attached hydrogens (tertiary/aromatic N) is 2. The number of nitrogens with two attached hydrogens (primary N) is 1. The van der Waals surface area contributed by atoms with Gasteiger partial charge >= 0.3 is 0 Å². The van der Waals surface area contributed by atoms with Gasteiger partial charge in [0.25, 0.3) is 5.91 Å². The molecule has 0 aliphatic heterocycles. The van der Waals surface area contributed by atoms with E-state index in [1.54, 1.807) is 26.1 Å². The zero-order valence-electron chi connectivity index (χ0n) is 12.1. The fraction of sp³-hybridized carbons (Fsp3) is 0.429. The lowest BCUT2D eigenvalue weighted by Gasteiger charge is -2.20. The zero-order chi connectivity index (χ0) is 15.3. The van der Waals surface area contributed by atoms with Crippen LogP contribution in [0.1, 0.15) is 17.3 Å². The van der Waals surface area contributed by atoms with Gasteiger partial charge in [0.2, 0.25) is 0 Å².